The summed E-state index contributed by atoms with van der Waals surface area (Å²) in [6.45, 7) is 0. The highest BCUT2D eigenvalue weighted by Crippen LogP contribution is 2.00. The van der Waals surface area contributed by atoms with Crippen LogP contribution in [0.2, 0.25) is 0 Å². The van der Waals surface area contributed by atoms with Gasteiger partial charge in [0.2, 0.25) is 6.19 Å². The number of amidine groups is 1. The topological polar surface area (TPSA) is 52.3 Å². The highest BCUT2D eigenvalue weighted by Gasteiger charge is 2.04. The molecule has 0 radical (unpaired) electrons. The summed E-state index contributed by atoms with van der Waals surface area (Å²) in [5.74, 6) is 0.621. The molecule has 0 saturated heterocycles. The van der Waals surface area contributed by atoms with Gasteiger partial charge < -0.3 is 4.90 Å². The maximum absolute atomic E-state index is 8.46. The van der Waals surface area contributed by atoms with Gasteiger partial charge in [-0.05, 0) is 12.1 Å². The van der Waals surface area contributed by atoms with Crippen molar-refractivity contribution in [1.82, 2.24) is 9.88 Å². The summed E-state index contributed by atoms with van der Waals surface area (Å²) in [7, 11) is 3.67. The molecule has 0 aromatic carbocycles. The Bertz CT molecular complexity index is 334. The van der Waals surface area contributed by atoms with E-state index in [9.17, 15) is 0 Å². The largest absolute Gasteiger partial charge is 0.362 e. The molecule has 0 N–H and O–H groups in total. The third kappa shape index (κ3) is 2.27. The molecule has 0 amide bonds. The molecule has 1 aromatic rings. The lowest BCUT2D eigenvalue weighted by Crippen LogP contribution is -2.22. The van der Waals surface area contributed by atoms with Gasteiger partial charge >= 0.3 is 0 Å². The molecule has 4 heteroatoms. The van der Waals surface area contributed by atoms with Crippen LogP contribution in [0, 0.1) is 11.5 Å². The van der Waals surface area contributed by atoms with E-state index >= 15 is 0 Å². The second-order valence-corrected chi connectivity index (χ2v) is 2.67. The van der Waals surface area contributed by atoms with E-state index in [1.165, 1.54) is 0 Å². The van der Waals surface area contributed by atoms with Crippen molar-refractivity contribution in [2.75, 3.05) is 14.1 Å². The molecule has 0 aliphatic rings. The first-order valence-corrected chi connectivity index (χ1v) is 3.80. The fourth-order valence-electron chi connectivity index (χ4n) is 0.965. The van der Waals surface area contributed by atoms with E-state index in [1.807, 2.05) is 26.2 Å². The predicted octanol–water partition coefficient (Wildman–Crippen LogP) is 0.871. The summed E-state index contributed by atoms with van der Waals surface area (Å²) in [6.07, 6.45) is 5.13. The van der Waals surface area contributed by atoms with Crippen molar-refractivity contribution in [3.05, 3.63) is 30.1 Å². The van der Waals surface area contributed by atoms with Crippen LogP contribution in [0.15, 0.2) is 29.5 Å². The monoisotopic (exact) mass is 174 g/mol. The van der Waals surface area contributed by atoms with Crippen molar-refractivity contribution in [1.29, 1.82) is 5.26 Å². The molecule has 1 rings (SSSR count). The minimum Gasteiger partial charge on any atom is -0.362 e. The Morgan fingerprint density at radius 1 is 1.62 bits per heavy atom. The molecule has 13 heavy (non-hydrogen) atoms. The molecule has 0 fully saturated rings. The van der Waals surface area contributed by atoms with Crippen LogP contribution in [-0.4, -0.2) is 29.8 Å². The quantitative estimate of drug-likeness (QED) is 0.360. The average Bonchev–Trinajstić information content (AvgIpc) is 2.15. The highest BCUT2D eigenvalue weighted by molar-refractivity contribution is 5.98. The maximum Gasteiger partial charge on any atom is 0.207 e. The van der Waals surface area contributed by atoms with Crippen LogP contribution in [0.25, 0.3) is 0 Å². The van der Waals surface area contributed by atoms with Crippen LogP contribution < -0.4 is 0 Å². The zero-order valence-electron chi connectivity index (χ0n) is 7.60. The van der Waals surface area contributed by atoms with Crippen LogP contribution in [-0.2, 0) is 0 Å². The molecule has 0 atom stereocenters. The van der Waals surface area contributed by atoms with Gasteiger partial charge in [-0.2, -0.15) is 10.3 Å². The van der Waals surface area contributed by atoms with Gasteiger partial charge in [0.1, 0.15) is 5.84 Å². The van der Waals surface area contributed by atoms with Gasteiger partial charge in [0.05, 0.1) is 0 Å². The van der Waals surface area contributed by atoms with E-state index in [1.54, 1.807) is 23.5 Å². The Morgan fingerprint density at radius 2 is 2.38 bits per heavy atom. The summed E-state index contributed by atoms with van der Waals surface area (Å²) < 4.78 is 0. The van der Waals surface area contributed by atoms with Crippen molar-refractivity contribution in [3.8, 4) is 6.19 Å². The van der Waals surface area contributed by atoms with Gasteiger partial charge in [-0.25, -0.2) is 0 Å². The fraction of sp³-hybridized carbons (Fsp3) is 0.222. The Balaban J connectivity index is 3.05. The van der Waals surface area contributed by atoms with E-state index < -0.39 is 0 Å². The van der Waals surface area contributed by atoms with Crippen LogP contribution in [0.3, 0.4) is 0 Å². The number of aliphatic imine (C=N–C) groups is 1. The lowest BCUT2D eigenvalue weighted by molar-refractivity contribution is 0.624. The third-order valence-corrected chi connectivity index (χ3v) is 1.50. The number of rotatable bonds is 1. The SMILES string of the molecule is CN(C)C(=NC#N)c1cccnc1. The van der Waals surface area contributed by atoms with Gasteiger partial charge in [0, 0.05) is 32.1 Å². The summed E-state index contributed by atoms with van der Waals surface area (Å²) in [4.78, 5) is 9.43. The molecular formula is C9H10N4. The average molecular weight is 174 g/mol. The van der Waals surface area contributed by atoms with Crippen LogP contribution >= 0.6 is 0 Å². The first kappa shape index (κ1) is 9.20. The summed E-state index contributed by atoms with van der Waals surface area (Å²) in [6, 6.07) is 3.68. The number of nitriles is 1. The normalized spacial score (nSPS) is 10.7. The zero-order valence-corrected chi connectivity index (χ0v) is 7.60. The molecule has 1 heterocycles. The number of pyridine rings is 1. The molecule has 0 saturated carbocycles. The van der Waals surface area contributed by atoms with Crippen molar-refractivity contribution in [2.45, 2.75) is 0 Å². The van der Waals surface area contributed by atoms with Crippen LogP contribution in [0.4, 0.5) is 0 Å². The Morgan fingerprint density at radius 3 is 2.85 bits per heavy atom. The maximum atomic E-state index is 8.46. The molecule has 1 aromatic heterocycles. The first-order valence-electron chi connectivity index (χ1n) is 3.80. The third-order valence-electron chi connectivity index (χ3n) is 1.50. The minimum atomic E-state index is 0.621. The van der Waals surface area contributed by atoms with E-state index in [0.29, 0.717) is 5.84 Å². The van der Waals surface area contributed by atoms with E-state index in [0.717, 1.165) is 5.56 Å². The molecule has 0 aliphatic carbocycles. The van der Waals surface area contributed by atoms with Crippen molar-refractivity contribution >= 4 is 5.84 Å². The van der Waals surface area contributed by atoms with Gasteiger partial charge in [-0.1, -0.05) is 0 Å². The fourth-order valence-corrected chi connectivity index (χ4v) is 0.965. The standard InChI is InChI=1S/C9H10N4/c1-13(2)9(12-7-10)8-4-3-5-11-6-8/h3-6H,1-2H3. The lowest BCUT2D eigenvalue weighted by atomic mass is 10.2. The number of hydrogen-bond acceptors (Lipinski definition) is 3. The predicted molar refractivity (Wildman–Crippen MR) is 50.1 cm³/mol. The second kappa shape index (κ2) is 4.21. The smallest absolute Gasteiger partial charge is 0.207 e. The molecule has 66 valence electrons. The molecule has 0 spiro atoms. The minimum absolute atomic E-state index is 0.621. The molecule has 0 unspecified atom stereocenters. The number of nitrogens with zero attached hydrogens (tertiary/aromatic N) is 4. The number of hydrogen-bond donors (Lipinski definition) is 0. The van der Waals surface area contributed by atoms with Crippen molar-refractivity contribution in [2.24, 2.45) is 4.99 Å². The zero-order chi connectivity index (χ0) is 9.68. The summed E-state index contributed by atoms with van der Waals surface area (Å²) in [5.41, 5.74) is 0.842. The van der Waals surface area contributed by atoms with Crippen LogP contribution in [0.1, 0.15) is 5.56 Å². The Kier molecular flexibility index (Phi) is 2.98. The van der Waals surface area contributed by atoms with E-state index in [-0.39, 0.29) is 0 Å². The van der Waals surface area contributed by atoms with E-state index in [4.69, 9.17) is 5.26 Å². The second-order valence-electron chi connectivity index (χ2n) is 2.67. The van der Waals surface area contributed by atoms with Gasteiger partial charge in [0.25, 0.3) is 0 Å². The summed E-state index contributed by atoms with van der Waals surface area (Å²) in [5, 5.41) is 8.46. The Hall–Kier alpha value is -1.89. The number of aromatic nitrogens is 1. The molecule has 0 aliphatic heterocycles. The Labute approximate surface area is 77.2 Å². The lowest BCUT2D eigenvalue weighted by Gasteiger charge is -2.13. The van der Waals surface area contributed by atoms with Gasteiger partial charge in [0.15, 0.2) is 0 Å². The highest BCUT2D eigenvalue weighted by atomic mass is 15.1. The first-order chi connectivity index (χ1) is 6.25. The molecule has 4 nitrogen and oxygen atoms in total. The van der Waals surface area contributed by atoms with Crippen molar-refractivity contribution in [3.63, 3.8) is 0 Å². The van der Waals surface area contributed by atoms with Crippen molar-refractivity contribution < 1.29 is 0 Å². The van der Waals surface area contributed by atoms with Crippen LogP contribution in [0.5, 0.6) is 0 Å². The van der Waals surface area contributed by atoms with E-state index in [2.05, 4.69) is 9.98 Å². The van der Waals surface area contributed by atoms with Gasteiger partial charge in [-0.15, -0.1) is 0 Å². The molecular weight excluding hydrogens is 164 g/mol. The summed E-state index contributed by atoms with van der Waals surface area (Å²) >= 11 is 0. The molecule has 0 bridgehead atoms. The van der Waals surface area contributed by atoms with Gasteiger partial charge in [-0.3, -0.25) is 4.98 Å².